The molecule has 7 heteroatoms. The molecule has 24 heavy (non-hydrogen) atoms. The number of ketones is 1. The van der Waals surface area contributed by atoms with Gasteiger partial charge in [0.15, 0.2) is 5.78 Å². The third-order valence-corrected chi connectivity index (χ3v) is 4.63. The van der Waals surface area contributed by atoms with Crippen molar-refractivity contribution >= 4 is 32.4 Å². The van der Waals surface area contributed by atoms with Crippen LogP contribution in [0.15, 0.2) is 59.5 Å². The molecule has 3 aromatic carbocycles. The van der Waals surface area contributed by atoms with E-state index in [9.17, 15) is 22.9 Å². The number of fused-ring (bicyclic) bond motifs is 1. The maximum atomic E-state index is 12.7. The van der Waals surface area contributed by atoms with Crippen molar-refractivity contribution in [2.24, 2.45) is 0 Å². The SMILES string of the molecule is Nc1cc(C(=O)c2ccccc2)c2c(O)cccc2c1S(=O)(=O)O. The summed E-state index contributed by atoms with van der Waals surface area (Å²) in [7, 11) is -4.63. The Morgan fingerprint density at radius 2 is 1.67 bits per heavy atom. The molecular weight excluding hydrogens is 330 g/mol. The van der Waals surface area contributed by atoms with Crippen LogP contribution in [0.5, 0.6) is 5.75 Å². The number of nitrogen functional groups attached to an aromatic ring is 1. The molecule has 0 aliphatic carbocycles. The average molecular weight is 343 g/mol. The predicted molar refractivity (Wildman–Crippen MR) is 89.7 cm³/mol. The normalized spacial score (nSPS) is 11.5. The van der Waals surface area contributed by atoms with Gasteiger partial charge in [-0.2, -0.15) is 8.42 Å². The molecule has 3 aromatic rings. The lowest BCUT2D eigenvalue weighted by Crippen LogP contribution is -2.09. The Kier molecular flexibility index (Phi) is 3.75. The molecule has 0 atom stereocenters. The molecule has 0 amide bonds. The van der Waals surface area contributed by atoms with Gasteiger partial charge in [-0.1, -0.05) is 42.5 Å². The van der Waals surface area contributed by atoms with Crippen molar-refractivity contribution in [3.05, 3.63) is 65.7 Å². The number of phenolic OH excluding ortho intramolecular Hbond substituents is 1. The summed E-state index contributed by atoms with van der Waals surface area (Å²) in [6.07, 6.45) is 0. The molecule has 0 saturated carbocycles. The molecular formula is C17H13NO5S. The number of hydrogen-bond acceptors (Lipinski definition) is 5. The van der Waals surface area contributed by atoms with Gasteiger partial charge < -0.3 is 10.8 Å². The second-order valence-electron chi connectivity index (χ2n) is 5.21. The fourth-order valence-corrected chi connectivity index (χ4v) is 3.48. The van der Waals surface area contributed by atoms with Crippen LogP contribution in [-0.4, -0.2) is 23.9 Å². The first-order valence-corrected chi connectivity index (χ1v) is 8.36. The third kappa shape index (κ3) is 2.60. The van der Waals surface area contributed by atoms with Crippen LogP contribution in [0.1, 0.15) is 15.9 Å². The van der Waals surface area contributed by atoms with E-state index in [1.54, 1.807) is 30.3 Å². The van der Waals surface area contributed by atoms with Gasteiger partial charge in [0.2, 0.25) is 0 Å². The zero-order valence-electron chi connectivity index (χ0n) is 12.3. The topological polar surface area (TPSA) is 118 Å². The molecule has 4 N–H and O–H groups in total. The number of hydrogen-bond donors (Lipinski definition) is 3. The minimum atomic E-state index is -4.63. The van der Waals surface area contributed by atoms with E-state index in [1.165, 1.54) is 18.2 Å². The highest BCUT2D eigenvalue weighted by atomic mass is 32.2. The summed E-state index contributed by atoms with van der Waals surface area (Å²) >= 11 is 0. The van der Waals surface area contributed by atoms with Crippen LogP contribution in [0.3, 0.4) is 0 Å². The largest absolute Gasteiger partial charge is 0.507 e. The number of phenols is 1. The van der Waals surface area contributed by atoms with Crippen molar-refractivity contribution < 1.29 is 22.9 Å². The monoisotopic (exact) mass is 343 g/mol. The number of rotatable bonds is 3. The highest BCUT2D eigenvalue weighted by Gasteiger charge is 2.24. The quantitative estimate of drug-likeness (QED) is 0.382. The number of aromatic hydroxyl groups is 1. The predicted octanol–water partition coefficient (Wildman–Crippen LogP) is 2.61. The Balaban J connectivity index is 2.42. The van der Waals surface area contributed by atoms with Crippen molar-refractivity contribution in [3.63, 3.8) is 0 Å². The van der Waals surface area contributed by atoms with Crippen LogP contribution in [0, 0.1) is 0 Å². The third-order valence-electron chi connectivity index (χ3n) is 3.66. The van der Waals surface area contributed by atoms with Gasteiger partial charge in [0, 0.05) is 21.9 Å². The molecule has 0 aliphatic rings. The summed E-state index contributed by atoms with van der Waals surface area (Å²) in [5, 5.41) is 10.2. The summed E-state index contributed by atoms with van der Waals surface area (Å²) in [6.45, 7) is 0. The number of carbonyl (C=O) groups is 1. The second-order valence-corrected chi connectivity index (χ2v) is 6.57. The van der Waals surface area contributed by atoms with Crippen molar-refractivity contribution in [2.45, 2.75) is 4.90 Å². The molecule has 0 fully saturated rings. The zero-order valence-corrected chi connectivity index (χ0v) is 13.1. The first kappa shape index (κ1) is 16.0. The summed E-state index contributed by atoms with van der Waals surface area (Å²) in [4.78, 5) is 12.2. The standard InChI is InChI=1S/C17H13NO5S/c18-13-9-12(16(20)10-5-2-1-3-6-10)15-11(7-4-8-14(15)19)17(13)24(21,22)23/h1-9,19H,18H2,(H,21,22,23). The minimum absolute atomic E-state index is 0.0169. The van der Waals surface area contributed by atoms with Gasteiger partial charge in [-0.3, -0.25) is 9.35 Å². The van der Waals surface area contributed by atoms with Gasteiger partial charge >= 0.3 is 0 Å². The zero-order chi connectivity index (χ0) is 17.5. The van der Waals surface area contributed by atoms with Crippen molar-refractivity contribution in [2.75, 3.05) is 5.73 Å². The second kappa shape index (κ2) is 5.63. The summed E-state index contributed by atoms with van der Waals surface area (Å²) in [6, 6.07) is 13.6. The van der Waals surface area contributed by atoms with Crippen LogP contribution in [0.25, 0.3) is 10.8 Å². The lowest BCUT2D eigenvalue weighted by atomic mass is 9.96. The maximum Gasteiger partial charge on any atom is 0.297 e. The molecule has 122 valence electrons. The molecule has 0 aromatic heterocycles. The Labute approximate surface area is 137 Å². The van der Waals surface area contributed by atoms with Crippen LogP contribution >= 0.6 is 0 Å². The van der Waals surface area contributed by atoms with Gasteiger partial charge in [0.1, 0.15) is 10.6 Å². The molecule has 0 radical (unpaired) electrons. The first-order valence-electron chi connectivity index (χ1n) is 6.92. The smallest absolute Gasteiger partial charge is 0.297 e. The van der Waals surface area contributed by atoms with Crippen LogP contribution < -0.4 is 5.73 Å². The molecule has 0 spiro atoms. The van der Waals surface area contributed by atoms with Crippen molar-refractivity contribution in [1.82, 2.24) is 0 Å². The molecule has 0 saturated heterocycles. The molecule has 6 nitrogen and oxygen atoms in total. The maximum absolute atomic E-state index is 12.7. The Morgan fingerprint density at radius 3 is 2.29 bits per heavy atom. The van der Waals surface area contributed by atoms with Gasteiger partial charge in [0.25, 0.3) is 10.1 Å². The van der Waals surface area contributed by atoms with Crippen LogP contribution in [0.4, 0.5) is 5.69 Å². The Hall–Kier alpha value is -2.90. The molecule has 0 bridgehead atoms. The van der Waals surface area contributed by atoms with Crippen molar-refractivity contribution in [3.8, 4) is 5.75 Å². The van der Waals surface area contributed by atoms with Gasteiger partial charge in [-0.15, -0.1) is 0 Å². The Morgan fingerprint density at radius 1 is 1.00 bits per heavy atom. The summed E-state index contributed by atoms with van der Waals surface area (Å²) in [5.41, 5.74) is 5.91. The number of benzene rings is 3. The minimum Gasteiger partial charge on any atom is -0.507 e. The van der Waals surface area contributed by atoms with E-state index in [0.29, 0.717) is 5.56 Å². The lowest BCUT2D eigenvalue weighted by Gasteiger charge is -2.13. The van der Waals surface area contributed by atoms with E-state index < -0.39 is 20.8 Å². The van der Waals surface area contributed by atoms with E-state index in [2.05, 4.69) is 0 Å². The van der Waals surface area contributed by atoms with Crippen LogP contribution in [0.2, 0.25) is 0 Å². The van der Waals surface area contributed by atoms with Crippen LogP contribution in [-0.2, 0) is 10.1 Å². The van der Waals surface area contributed by atoms with Gasteiger partial charge in [-0.25, -0.2) is 0 Å². The molecule has 0 aliphatic heterocycles. The summed E-state index contributed by atoms with van der Waals surface area (Å²) < 4.78 is 32.7. The summed E-state index contributed by atoms with van der Waals surface area (Å²) in [5.74, 6) is -0.702. The molecule has 0 unspecified atom stereocenters. The number of carbonyl (C=O) groups excluding carboxylic acids is 1. The van der Waals surface area contributed by atoms with E-state index in [-0.39, 0.29) is 27.8 Å². The fraction of sp³-hybridized carbons (Fsp3) is 0. The Bertz CT molecular complexity index is 1060. The first-order chi connectivity index (χ1) is 11.3. The van der Waals surface area contributed by atoms with E-state index in [1.807, 2.05) is 0 Å². The van der Waals surface area contributed by atoms with E-state index >= 15 is 0 Å². The fourth-order valence-electron chi connectivity index (χ4n) is 2.67. The van der Waals surface area contributed by atoms with Crippen molar-refractivity contribution in [1.29, 1.82) is 0 Å². The van der Waals surface area contributed by atoms with E-state index in [0.717, 1.165) is 6.07 Å². The lowest BCUT2D eigenvalue weighted by molar-refractivity contribution is 0.104. The molecule has 0 heterocycles. The highest BCUT2D eigenvalue weighted by Crippen LogP contribution is 2.37. The number of nitrogens with two attached hydrogens (primary N) is 1. The average Bonchev–Trinajstić information content (AvgIpc) is 2.53. The highest BCUT2D eigenvalue weighted by molar-refractivity contribution is 7.86. The van der Waals surface area contributed by atoms with Gasteiger partial charge in [0.05, 0.1) is 5.69 Å². The van der Waals surface area contributed by atoms with E-state index in [4.69, 9.17) is 5.73 Å². The number of anilines is 1. The van der Waals surface area contributed by atoms with Gasteiger partial charge in [-0.05, 0) is 12.1 Å². The molecule has 3 rings (SSSR count).